The molecule has 2 fully saturated rings. The van der Waals surface area contributed by atoms with Crippen molar-refractivity contribution in [2.45, 2.75) is 51.2 Å². The van der Waals surface area contributed by atoms with Gasteiger partial charge in [-0.3, -0.25) is 0 Å². The summed E-state index contributed by atoms with van der Waals surface area (Å²) in [6.07, 6.45) is 6.34. The third-order valence-corrected chi connectivity index (χ3v) is 5.02. The molecule has 2 aliphatic carbocycles. The number of hydrogen-bond donors (Lipinski definition) is 1. The van der Waals surface area contributed by atoms with E-state index in [1.165, 1.54) is 25.7 Å². The molecule has 0 saturated heterocycles. The van der Waals surface area contributed by atoms with E-state index in [2.05, 4.69) is 0 Å². The van der Waals surface area contributed by atoms with E-state index in [0.717, 1.165) is 22.8 Å². The molecule has 3 rings (SSSR count). The minimum Gasteiger partial charge on any atom is -0.489 e. The van der Waals surface area contributed by atoms with Gasteiger partial charge in [0.15, 0.2) is 0 Å². The highest BCUT2D eigenvalue weighted by atomic mass is 35.5. The zero-order chi connectivity index (χ0) is 12.8. The number of hydrogen-bond acceptors (Lipinski definition) is 2. The van der Waals surface area contributed by atoms with Gasteiger partial charge in [0.25, 0.3) is 0 Å². The fourth-order valence-electron chi connectivity index (χ4n) is 3.57. The lowest BCUT2D eigenvalue weighted by Crippen LogP contribution is -2.62. The molecular formula is C15H20ClNO. The molecule has 2 aliphatic rings. The molecule has 2 saturated carbocycles. The first kappa shape index (κ1) is 12.3. The molecule has 0 bridgehead atoms. The maximum Gasteiger partial charge on any atom is 0.122 e. The van der Waals surface area contributed by atoms with Gasteiger partial charge >= 0.3 is 0 Å². The molecular weight excluding hydrogens is 246 g/mol. The number of ether oxygens (including phenoxy) is 1. The average Bonchev–Trinajstić information content (AvgIpc) is 2.83. The van der Waals surface area contributed by atoms with E-state index in [-0.39, 0.29) is 5.41 Å². The van der Waals surface area contributed by atoms with Gasteiger partial charge in [-0.05, 0) is 43.5 Å². The van der Waals surface area contributed by atoms with E-state index in [0.29, 0.717) is 12.1 Å². The third kappa shape index (κ3) is 1.83. The second-order valence-electron chi connectivity index (χ2n) is 5.80. The summed E-state index contributed by atoms with van der Waals surface area (Å²) in [4.78, 5) is 0. The molecule has 0 radical (unpaired) electrons. The molecule has 1 aromatic carbocycles. The van der Waals surface area contributed by atoms with Crippen LogP contribution in [0.25, 0.3) is 0 Å². The maximum absolute atomic E-state index is 6.22. The van der Waals surface area contributed by atoms with E-state index in [4.69, 9.17) is 22.1 Å². The predicted molar refractivity (Wildman–Crippen MR) is 74.1 cm³/mol. The normalized spacial score (nSPS) is 29.3. The van der Waals surface area contributed by atoms with Gasteiger partial charge in [-0.2, -0.15) is 0 Å². The highest BCUT2D eigenvalue weighted by molar-refractivity contribution is 6.30. The minimum absolute atomic E-state index is 0.256. The van der Waals surface area contributed by atoms with E-state index in [1.807, 2.05) is 25.1 Å². The Hall–Kier alpha value is -0.730. The molecule has 0 amide bonds. The van der Waals surface area contributed by atoms with Crippen LogP contribution >= 0.6 is 11.6 Å². The Morgan fingerprint density at radius 2 is 2.06 bits per heavy atom. The number of nitrogens with two attached hydrogens (primary N) is 1. The SMILES string of the molecule is Cc1cc(Cl)ccc1OC1CC(N)C12CCCC2. The van der Waals surface area contributed by atoms with Gasteiger partial charge in [0.05, 0.1) is 0 Å². The van der Waals surface area contributed by atoms with Gasteiger partial charge in [-0.1, -0.05) is 24.4 Å². The summed E-state index contributed by atoms with van der Waals surface area (Å²) >= 11 is 5.97. The minimum atomic E-state index is 0.256. The summed E-state index contributed by atoms with van der Waals surface area (Å²) in [6, 6.07) is 6.16. The van der Waals surface area contributed by atoms with E-state index >= 15 is 0 Å². The fourth-order valence-corrected chi connectivity index (χ4v) is 3.79. The molecule has 2 N–H and O–H groups in total. The lowest BCUT2D eigenvalue weighted by Gasteiger charge is -2.52. The van der Waals surface area contributed by atoms with Crippen molar-refractivity contribution < 1.29 is 4.74 Å². The molecule has 0 aliphatic heterocycles. The second kappa shape index (κ2) is 4.43. The first-order chi connectivity index (χ1) is 8.62. The molecule has 1 aromatic rings. The van der Waals surface area contributed by atoms with Crippen molar-refractivity contribution in [2.75, 3.05) is 0 Å². The largest absolute Gasteiger partial charge is 0.489 e. The highest BCUT2D eigenvalue weighted by Gasteiger charge is 2.56. The summed E-state index contributed by atoms with van der Waals surface area (Å²) in [7, 11) is 0. The average molecular weight is 266 g/mol. The van der Waals surface area contributed by atoms with Crippen LogP contribution in [0.4, 0.5) is 0 Å². The van der Waals surface area contributed by atoms with Crippen LogP contribution in [-0.4, -0.2) is 12.1 Å². The number of rotatable bonds is 2. The van der Waals surface area contributed by atoms with E-state index in [9.17, 15) is 0 Å². The van der Waals surface area contributed by atoms with Crippen molar-refractivity contribution >= 4 is 11.6 Å². The Morgan fingerprint density at radius 1 is 1.33 bits per heavy atom. The molecule has 2 unspecified atom stereocenters. The molecule has 2 atom stereocenters. The number of halogens is 1. The van der Waals surface area contributed by atoms with Crippen LogP contribution in [0.3, 0.4) is 0 Å². The summed E-state index contributed by atoms with van der Waals surface area (Å²) in [5.41, 5.74) is 7.59. The van der Waals surface area contributed by atoms with Crippen molar-refractivity contribution in [1.82, 2.24) is 0 Å². The first-order valence-electron chi connectivity index (χ1n) is 6.80. The van der Waals surface area contributed by atoms with Gasteiger partial charge < -0.3 is 10.5 Å². The van der Waals surface area contributed by atoms with Crippen LogP contribution in [0.15, 0.2) is 18.2 Å². The van der Waals surface area contributed by atoms with Crippen molar-refractivity contribution in [3.05, 3.63) is 28.8 Å². The summed E-state index contributed by atoms with van der Waals surface area (Å²) in [6.45, 7) is 2.04. The van der Waals surface area contributed by atoms with Gasteiger partial charge in [0, 0.05) is 22.9 Å². The Labute approximate surface area is 113 Å². The van der Waals surface area contributed by atoms with Crippen molar-refractivity contribution in [2.24, 2.45) is 11.1 Å². The summed E-state index contributed by atoms with van der Waals surface area (Å²) < 4.78 is 6.21. The van der Waals surface area contributed by atoms with Crippen molar-refractivity contribution in [3.8, 4) is 5.75 Å². The molecule has 18 heavy (non-hydrogen) atoms. The smallest absolute Gasteiger partial charge is 0.122 e. The lowest BCUT2D eigenvalue weighted by molar-refractivity contribution is -0.0623. The molecule has 98 valence electrons. The highest BCUT2D eigenvalue weighted by Crippen LogP contribution is 2.53. The van der Waals surface area contributed by atoms with Crippen LogP contribution in [0.2, 0.25) is 5.02 Å². The number of aryl methyl sites for hydroxylation is 1. The van der Waals surface area contributed by atoms with Crippen molar-refractivity contribution in [3.63, 3.8) is 0 Å². The molecule has 0 aromatic heterocycles. The summed E-state index contributed by atoms with van der Waals surface area (Å²) in [5, 5.41) is 0.765. The predicted octanol–water partition coefficient (Wildman–Crippen LogP) is 3.69. The van der Waals surface area contributed by atoms with E-state index < -0.39 is 0 Å². The van der Waals surface area contributed by atoms with Gasteiger partial charge in [-0.15, -0.1) is 0 Å². The van der Waals surface area contributed by atoms with Crippen molar-refractivity contribution in [1.29, 1.82) is 0 Å². The van der Waals surface area contributed by atoms with Crippen LogP contribution in [-0.2, 0) is 0 Å². The zero-order valence-corrected chi connectivity index (χ0v) is 11.5. The summed E-state index contributed by atoms with van der Waals surface area (Å²) in [5.74, 6) is 0.961. The Kier molecular flexibility index (Phi) is 3.03. The van der Waals surface area contributed by atoms with Gasteiger partial charge in [0.1, 0.15) is 11.9 Å². The zero-order valence-electron chi connectivity index (χ0n) is 10.8. The number of benzene rings is 1. The lowest BCUT2D eigenvalue weighted by atomic mass is 9.61. The topological polar surface area (TPSA) is 35.2 Å². The first-order valence-corrected chi connectivity index (χ1v) is 7.18. The Morgan fingerprint density at radius 3 is 2.67 bits per heavy atom. The fraction of sp³-hybridized carbons (Fsp3) is 0.600. The van der Waals surface area contributed by atoms with Crippen LogP contribution in [0.5, 0.6) is 5.75 Å². The Balaban J connectivity index is 1.77. The Bertz CT molecular complexity index is 454. The second-order valence-corrected chi connectivity index (χ2v) is 6.24. The maximum atomic E-state index is 6.22. The quantitative estimate of drug-likeness (QED) is 0.885. The molecule has 3 heteroatoms. The van der Waals surface area contributed by atoms with Gasteiger partial charge in [-0.25, -0.2) is 0 Å². The van der Waals surface area contributed by atoms with Crippen LogP contribution < -0.4 is 10.5 Å². The monoisotopic (exact) mass is 265 g/mol. The molecule has 2 nitrogen and oxygen atoms in total. The molecule has 1 spiro atoms. The van der Waals surface area contributed by atoms with E-state index in [1.54, 1.807) is 0 Å². The molecule has 0 heterocycles. The van der Waals surface area contributed by atoms with Crippen LogP contribution in [0.1, 0.15) is 37.7 Å². The van der Waals surface area contributed by atoms with Gasteiger partial charge in [0.2, 0.25) is 0 Å². The van der Waals surface area contributed by atoms with Crippen LogP contribution in [0, 0.1) is 12.3 Å². The third-order valence-electron chi connectivity index (χ3n) is 4.79. The standard InChI is InChI=1S/C15H20ClNO/c1-10-8-11(16)4-5-12(10)18-14-9-13(17)15(14)6-2-3-7-15/h4-5,8,13-14H,2-3,6-7,9,17H2,1H3.